The number of hydrogen-bond donors (Lipinski definition) is 1. The van der Waals surface area contributed by atoms with Crippen LogP contribution in [0, 0.1) is 0 Å². The van der Waals surface area contributed by atoms with Crippen LogP contribution in [0.4, 0.5) is 0 Å². The first-order valence-corrected chi connectivity index (χ1v) is 7.84. The van der Waals surface area contributed by atoms with Crippen molar-refractivity contribution in [3.8, 4) is 5.75 Å². The zero-order valence-electron chi connectivity index (χ0n) is 12.0. The van der Waals surface area contributed by atoms with Crippen LogP contribution < -0.4 is 10.5 Å². The lowest BCUT2D eigenvalue weighted by atomic mass is 10.1. The zero-order valence-corrected chi connectivity index (χ0v) is 12.8. The summed E-state index contributed by atoms with van der Waals surface area (Å²) in [4.78, 5) is 4.56. The third-order valence-electron chi connectivity index (χ3n) is 3.18. The molecule has 108 valence electrons. The van der Waals surface area contributed by atoms with E-state index in [9.17, 15) is 0 Å². The maximum atomic E-state index is 5.80. The second kappa shape index (κ2) is 6.24. The van der Waals surface area contributed by atoms with E-state index < -0.39 is 0 Å². The van der Waals surface area contributed by atoms with Gasteiger partial charge in [0.15, 0.2) is 0 Å². The highest BCUT2D eigenvalue weighted by Gasteiger charge is 2.04. The molecule has 0 fully saturated rings. The normalized spacial score (nSPS) is 12.5. The number of rotatable bonds is 5. The number of para-hydroxylation sites is 1. The molecule has 21 heavy (non-hydrogen) atoms. The molecule has 3 nitrogen and oxygen atoms in total. The molecule has 2 N–H and O–H groups in total. The fourth-order valence-corrected chi connectivity index (χ4v) is 3.10. The Morgan fingerprint density at radius 2 is 1.90 bits per heavy atom. The van der Waals surface area contributed by atoms with Crippen LogP contribution in [-0.2, 0) is 13.0 Å². The molecule has 0 spiro atoms. The Kier molecular flexibility index (Phi) is 4.18. The van der Waals surface area contributed by atoms with Crippen molar-refractivity contribution < 1.29 is 4.74 Å². The lowest BCUT2D eigenvalue weighted by Gasteiger charge is -2.07. The number of thiazole rings is 1. The number of nitrogens with zero attached hydrogens (tertiary/aromatic N) is 1. The van der Waals surface area contributed by atoms with Crippen molar-refractivity contribution in [3.05, 3.63) is 59.1 Å². The molecule has 0 aliphatic rings. The number of benzene rings is 2. The van der Waals surface area contributed by atoms with E-state index >= 15 is 0 Å². The van der Waals surface area contributed by atoms with Crippen LogP contribution in [-0.4, -0.2) is 11.0 Å². The molecule has 0 bridgehead atoms. The highest BCUT2D eigenvalue weighted by atomic mass is 32.1. The van der Waals surface area contributed by atoms with E-state index in [1.165, 1.54) is 10.3 Å². The molecular formula is C17H18N2OS. The van der Waals surface area contributed by atoms with Crippen LogP contribution in [0.25, 0.3) is 10.2 Å². The molecular weight excluding hydrogens is 280 g/mol. The average Bonchev–Trinajstić information content (AvgIpc) is 2.89. The first kappa shape index (κ1) is 14.0. The van der Waals surface area contributed by atoms with Gasteiger partial charge in [-0.15, -0.1) is 11.3 Å². The van der Waals surface area contributed by atoms with Crippen LogP contribution in [0.3, 0.4) is 0 Å². The standard InChI is InChI=1S/C17H18N2OS/c1-12(18)10-13-6-8-14(9-7-13)20-11-17-19-15-4-2-3-5-16(15)21-17/h2-9,12H,10-11,18H2,1H3. The summed E-state index contributed by atoms with van der Waals surface area (Å²) in [7, 11) is 0. The van der Waals surface area contributed by atoms with Gasteiger partial charge in [-0.25, -0.2) is 4.98 Å². The summed E-state index contributed by atoms with van der Waals surface area (Å²) < 4.78 is 7.00. The number of hydrogen-bond acceptors (Lipinski definition) is 4. The largest absolute Gasteiger partial charge is 0.486 e. The lowest BCUT2D eigenvalue weighted by molar-refractivity contribution is 0.306. The summed E-state index contributed by atoms with van der Waals surface area (Å²) in [5.74, 6) is 0.864. The zero-order chi connectivity index (χ0) is 14.7. The Morgan fingerprint density at radius 3 is 2.62 bits per heavy atom. The predicted molar refractivity (Wildman–Crippen MR) is 87.7 cm³/mol. The summed E-state index contributed by atoms with van der Waals surface area (Å²) in [5.41, 5.74) is 8.07. The number of aromatic nitrogens is 1. The van der Waals surface area contributed by atoms with Crippen molar-refractivity contribution in [1.29, 1.82) is 0 Å². The Balaban J connectivity index is 1.64. The van der Waals surface area contributed by atoms with E-state index in [1.54, 1.807) is 11.3 Å². The molecule has 0 saturated carbocycles. The molecule has 0 saturated heterocycles. The Hall–Kier alpha value is -1.91. The fraction of sp³-hybridized carbons (Fsp3) is 0.235. The summed E-state index contributed by atoms with van der Waals surface area (Å²) in [6.07, 6.45) is 0.887. The van der Waals surface area contributed by atoms with Gasteiger partial charge in [0, 0.05) is 6.04 Å². The van der Waals surface area contributed by atoms with Crippen LogP contribution in [0.1, 0.15) is 17.5 Å². The maximum absolute atomic E-state index is 5.80. The third-order valence-corrected chi connectivity index (χ3v) is 4.19. The van der Waals surface area contributed by atoms with Crippen molar-refractivity contribution in [3.63, 3.8) is 0 Å². The average molecular weight is 298 g/mol. The van der Waals surface area contributed by atoms with Gasteiger partial charge in [0.1, 0.15) is 17.4 Å². The van der Waals surface area contributed by atoms with Crippen molar-refractivity contribution >= 4 is 21.6 Å². The van der Waals surface area contributed by atoms with E-state index in [0.717, 1.165) is 22.7 Å². The van der Waals surface area contributed by atoms with Crippen LogP contribution in [0.15, 0.2) is 48.5 Å². The quantitative estimate of drug-likeness (QED) is 0.780. The minimum absolute atomic E-state index is 0.180. The second-order valence-electron chi connectivity index (χ2n) is 5.19. The highest BCUT2D eigenvalue weighted by Crippen LogP contribution is 2.23. The van der Waals surface area contributed by atoms with Gasteiger partial charge in [-0.2, -0.15) is 0 Å². The van der Waals surface area contributed by atoms with Crippen molar-refractivity contribution in [1.82, 2.24) is 4.98 Å². The van der Waals surface area contributed by atoms with Gasteiger partial charge in [0.25, 0.3) is 0 Å². The van der Waals surface area contributed by atoms with Gasteiger partial charge in [0.05, 0.1) is 10.2 Å². The highest BCUT2D eigenvalue weighted by molar-refractivity contribution is 7.18. The van der Waals surface area contributed by atoms with Gasteiger partial charge in [0.2, 0.25) is 0 Å². The fourth-order valence-electron chi connectivity index (χ4n) is 2.22. The van der Waals surface area contributed by atoms with E-state index in [0.29, 0.717) is 6.61 Å². The first-order chi connectivity index (χ1) is 10.2. The molecule has 0 radical (unpaired) electrons. The molecule has 0 amide bonds. The molecule has 0 aliphatic heterocycles. The van der Waals surface area contributed by atoms with Gasteiger partial charge in [-0.1, -0.05) is 24.3 Å². The number of ether oxygens (including phenoxy) is 1. The molecule has 1 aromatic heterocycles. The van der Waals surface area contributed by atoms with Gasteiger partial charge in [-0.05, 0) is 43.2 Å². The Labute approximate surface area is 128 Å². The van der Waals surface area contributed by atoms with E-state index in [2.05, 4.69) is 23.2 Å². The van der Waals surface area contributed by atoms with Crippen LogP contribution in [0.2, 0.25) is 0 Å². The second-order valence-corrected chi connectivity index (χ2v) is 6.30. The predicted octanol–water partition coefficient (Wildman–Crippen LogP) is 3.77. The maximum Gasteiger partial charge on any atom is 0.140 e. The SMILES string of the molecule is CC(N)Cc1ccc(OCc2nc3ccccc3s2)cc1. The topological polar surface area (TPSA) is 48.1 Å². The van der Waals surface area contributed by atoms with E-state index in [1.807, 2.05) is 37.3 Å². The molecule has 1 heterocycles. The smallest absolute Gasteiger partial charge is 0.140 e. The monoisotopic (exact) mass is 298 g/mol. The summed E-state index contributed by atoms with van der Waals surface area (Å²) >= 11 is 1.68. The molecule has 2 aromatic carbocycles. The molecule has 1 unspecified atom stereocenters. The summed E-state index contributed by atoms with van der Waals surface area (Å²) in [6, 6.07) is 16.4. The minimum atomic E-state index is 0.180. The summed E-state index contributed by atoms with van der Waals surface area (Å²) in [6.45, 7) is 2.52. The van der Waals surface area contributed by atoms with Crippen LogP contribution >= 0.6 is 11.3 Å². The van der Waals surface area contributed by atoms with Crippen molar-refractivity contribution in [2.24, 2.45) is 5.73 Å². The van der Waals surface area contributed by atoms with E-state index in [4.69, 9.17) is 10.5 Å². The number of fused-ring (bicyclic) bond motifs is 1. The molecule has 4 heteroatoms. The Bertz CT molecular complexity index is 686. The molecule has 0 aliphatic carbocycles. The number of nitrogens with two attached hydrogens (primary N) is 1. The van der Waals surface area contributed by atoms with Gasteiger partial charge < -0.3 is 10.5 Å². The van der Waals surface area contributed by atoms with Gasteiger partial charge >= 0.3 is 0 Å². The van der Waals surface area contributed by atoms with Crippen molar-refractivity contribution in [2.75, 3.05) is 0 Å². The van der Waals surface area contributed by atoms with Gasteiger partial charge in [-0.3, -0.25) is 0 Å². The molecule has 3 aromatic rings. The van der Waals surface area contributed by atoms with E-state index in [-0.39, 0.29) is 6.04 Å². The van der Waals surface area contributed by atoms with Crippen LogP contribution in [0.5, 0.6) is 5.75 Å². The lowest BCUT2D eigenvalue weighted by Crippen LogP contribution is -2.17. The molecule has 1 atom stereocenters. The minimum Gasteiger partial charge on any atom is -0.486 e. The first-order valence-electron chi connectivity index (χ1n) is 7.02. The Morgan fingerprint density at radius 1 is 1.14 bits per heavy atom. The third kappa shape index (κ3) is 3.60. The summed E-state index contributed by atoms with van der Waals surface area (Å²) in [5, 5.41) is 0.996. The van der Waals surface area contributed by atoms with Crippen molar-refractivity contribution in [2.45, 2.75) is 26.0 Å². The molecule has 3 rings (SSSR count).